The van der Waals surface area contributed by atoms with Crippen molar-refractivity contribution in [2.24, 2.45) is 5.18 Å². The van der Waals surface area contributed by atoms with Crippen molar-refractivity contribution in [2.45, 2.75) is 0 Å². The fraction of sp³-hybridized carbons (Fsp3) is 0.222. The second-order valence-corrected chi connectivity index (χ2v) is 4.52. The van der Waals surface area contributed by atoms with E-state index >= 15 is 0 Å². The summed E-state index contributed by atoms with van der Waals surface area (Å²) < 4.78 is 6.49. The van der Waals surface area contributed by atoms with Crippen molar-refractivity contribution in [2.75, 3.05) is 19.0 Å². The van der Waals surface area contributed by atoms with E-state index in [0.717, 1.165) is 0 Å². The Morgan fingerprint density at radius 2 is 2.00 bits per heavy atom. The first-order chi connectivity index (χ1) is 7.58. The Kier molecular flexibility index (Phi) is 4.88. The third kappa shape index (κ3) is 3.28. The lowest BCUT2D eigenvalue weighted by atomic mass is 10.3. The minimum absolute atomic E-state index is 0.402. The van der Waals surface area contributed by atoms with Gasteiger partial charge in [-0.3, -0.25) is 4.79 Å². The predicted molar refractivity (Wildman–Crippen MR) is 67.7 cm³/mol. The molecule has 0 aromatic heterocycles. The van der Waals surface area contributed by atoms with Crippen molar-refractivity contribution in [1.82, 2.24) is 0 Å². The van der Waals surface area contributed by atoms with Crippen molar-refractivity contribution < 1.29 is 9.53 Å². The number of rotatable bonds is 4. The first-order valence-electron chi connectivity index (χ1n) is 4.20. The molecule has 1 N–H and O–H groups in total. The quantitative estimate of drug-likeness (QED) is 0.848. The molecule has 0 heterocycles. The SMILES string of the molecule is COc1c(Br)cc(NC(=O)CN=O)cc1Br. The van der Waals surface area contributed by atoms with E-state index in [1.165, 1.54) is 0 Å². The number of carbonyl (C=O) groups is 1. The van der Waals surface area contributed by atoms with Gasteiger partial charge in [-0.2, -0.15) is 4.91 Å². The first-order valence-corrected chi connectivity index (χ1v) is 5.79. The summed E-state index contributed by atoms with van der Waals surface area (Å²) in [5.74, 6) is 0.172. The minimum atomic E-state index is -0.459. The molecule has 86 valence electrons. The lowest BCUT2D eigenvalue weighted by molar-refractivity contribution is -0.114. The molecule has 1 aromatic rings. The molecule has 1 amide bonds. The molecule has 0 spiro atoms. The van der Waals surface area contributed by atoms with Gasteiger partial charge in [0, 0.05) is 5.69 Å². The van der Waals surface area contributed by atoms with Crippen molar-refractivity contribution >= 4 is 43.5 Å². The summed E-state index contributed by atoms with van der Waals surface area (Å²) in [6, 6.07) is 3.35. The van der Waals surface area contributed by atoms with Crippen molar-refractivity contribution in [1.29, 1.82) is 0 Å². The second kappa shape index (κ2) is 5.95. The number of methoxy groups -OCH3 is 1. The molecule has 0 bridgehead atoms. The molecule has 0 atom stereocenters. The Morgan fingerprint density at radius 1 is 1.44 bits per heavy atom. The van der Waals surface area contributed by atoms with Gasteiger partial charge in [-0.1, -0.05) is 5.18 Å². The smallest absolute Gasteiger partial charge is 0.249 e. The number of carbonyl (C=O) groups excluding carboxylic acids is 1. The summed E-state index contributed by atoms with van der Waals surface area (Å²) in [6.07, 6.45) is 0. The third-order valence-electron chi connectivity index (χ3n) is 1.69. The number of nitroso groups, excluding NO2 is 1. The number of amides is 1. The Bertz CT molecular complexity index is 400. The highest BCUT2D eigenvalue weighted by Crippen LogP contribution is 2.36. The summed E-state index contributed by atoms with van der Waals surface area (Å²) in [5, 5.41) is 5.03. The highest BCUT2D eigenvalue weighted by molar-refractivity contribution is 9.11. The molecule has 0 fully saturated rings. The zero-order valence-electron chi connectivity index (χ0n) is 8.29. The molecule has 7 heteroatoms. The summed E-state index contributed by atoms with van der Waals surface area (Å²) in [4.78, 5) is 21.0. The van der Waals surface area contributed by atoms with E-state index in [1.807, 2.05) is 0 Å². The average molecular weight is 352 g/mol. The maximum Gasteiger partial charge on any atom is 0.249 e. The molecule has 0 aliphatic carbocycles. The largest absolute Gasteiger partial charge is 0.494 e. The fourth-order valence-corrected chi connectivity index (χ4v) is 2.60. The highest BCUT2D eigenvalue weighted by atomic mass is 79.9. The monoisotopic (exact) mass is 350 g/mol. The van der Waals surface area contributed by atoms with Gasteiger partial charge in [-0.05, 0) is 44.0 Å². The summed E-state index contributed by atoms with van der Waals surface area (Å²) in [7, 11) is 1.54. The molecule has 0 saturated carbocycles. The molecule has 16 heavy (non-hydrogen) atoms. The number of halogens is 2. The Morgan fingerprint density at radius 3 is 2.44 bits per heavy atom. The van der Waals surface area contributed by atoms with Crippen LogP contribution in [0.1, 0.15) is 0 Å². The molecule has 0 radical (unpaired) electrons. The molecular formula is C9H8Br2N2O3. The fourth-order valence-electron chi connectivity index (χ4n) is 1.09. The maximum absolute atomic E-state index is 11.1. The van der Waals surface area contributed by atoms with Crippen LogP contribution >= 0.6 is 31.9 Å². The van der Waals surface area contributed by atoms with Crippen LogP contribution in [-0.4, -0.2) is 19.6 Å². The third-order valence-corrected chi connectivity index (χ3v) is 2.87. The van der Waals surface area contributed by atoms with E-state index in [4.69, 9.17) is 4.74 Å². The van der Waals surface area contributed by atoms with Crippen LogP contribution in [0.2, 0.25) is 0 Å². The average Bonchev–Trinajstić information content (AvgIpc) is 2.17. The van der Waals surface area contributed by atoms with Gasteiger partial charge in [0.15, 0.2) is 6.54 Å². The van der Waals surface area contributed by atoms with Crippen molar-refractivity contribution in [3.05, 3.63) is 26.0 Å². The lowest BCUT2D eigenvalue weighted by Gasteiger charge is -2.09. The molecule has 1 aromatic carbocycles. The molecule has 0 saturated heterocycles. The molecule has 5 nitrogen and oxygen atoms in total. The van der Waals surface area contributed by atoms with Crippen LogP contribution in [-0.2, 0) is 4.79 Å². The number of nitrogens with one attached hydrogen (secondary N) is 1. The van der Waals surface area contributed by atoms with Crippen LogP contribution in [0, 0.1) is 4.91 Å². The van der Waals surface area contributed by atoms with E-state index in [1.54, 1.807) is 19.2 Å². The van der Waals surface area contributed by atoms with Gasteiger partial charge >= 0.3 is 0 Å². The number of ether oxygens (including phenoxy) is 1. The van der Waals surface area contributed by atoms with Crippen LogP contribution in [0.15, 0.2) is 26.3 Å². The Balaban J connectivity index is 2.91. The number of nitrogens with zero attached hydrogens (tertiary/aromatic N) is 1. The summed E-state index contributed by atoms with van der Waals surface area (Å²) >= 11 is 6.59. The zero-order chi connectivity index (χ0) is 12.1. The van der Waals surface area contributed by atoms with E-state index in [9.17, 15) is 9.70 Å². The van der Waals surface area contributed by atoms with Crippen LogP contribution in [0.5, 0.6) is 5.75 Å². The van der Waals surface area contributed by atoms with Crippen LogP contribution < -0.4 is 10.1 Å². The van der Waals surface area contributed by atoms with Gasteiger partial charge in [-0.15, -0.1) is 0 Å². The second-order valence-electron chi connectivity index (χ2n) is 2.81. The van der Waals surface area contributed by atoms with E-state index in [2.05, 4.69) is 42.4 Å². The van der Waals surface area contributed by atoms with E-state index in [-0.39, 0.29) is 0 Å². The lowest BCUT2D eigenvalue weighted by Crippen LogP contribution is -2.14. The molecular weight excluding hydrogens is 344 g/mol. The van der Waals surface area contributed by atoms with Gasteiger partial charge < -0.3 is 10.1 Å². The Hall–Kier alpha value is -0.950. The summed E-state index contributed by atoms with van der Waals surface area (Å²) in [5.41, 5.74) is 0.549. The molecule has 0 aliphatic rings. The highest BCUT2D eigenvalue weighted by Gasteiger charge is 2.09. The van der Waals surface area contributed by atoms with Gasteiger partial charge in [0.05, 0.1) is 16.1 Å². The van der Waals surface area contributed by atoms with Crippen LogP contribution in [0.25, 0.3) is 0 Å². The number of hydrogen-bond acceptors (Lipinski definition) is 4. The normalized spacial score (nSPS) is 9.69. The molecule has 0 aliphatic heterocycles. The van der Waals surface area contributed by atoms with Gasteiger partial charge in [0.1, 0.15) is 5.75 Å². The predicted octanol–water partition coefficient (Wildman–Crippen LogP) is 2.93. The topological polar surface area (TPSA) is 67.8 Å². The van der Waals surface area contributed by atoms with Crippen molar-refractivity contribution in [3.8, 4) is 5.75 Å². The number of benzene rings is 1. The number of hydrogen-bond donors (Lipinski definition) is 1. The Labute approximate surface area is 109 Å². The molecule has 0 unspecified atom stereocenters. The summed E-state index contributed by atoms with van der Waals surface area (Å²) in [6.45, 7) is -0.402. The van der Waals surface area contributed by atoms with E-state index in [0.29, 0.717) is 20.4 Å². The zero-order valence-corrected chi connectivity index (χ0v) is 11.5. The molecule has 1 rings (SSSR count). The van der Waals surface area contributed by atoms with Crippen LogP contribution in [0.4, 0.5) is 5.69 Å². The number of anilines is 1. The first kappa shape index (κ1) is 13.1. The van der Waals surface area contributed by atoms with E-state index < -0.39 is 12.5 Å². The standard InChI is InChI=1S/C9H8Br2N2O3/c1-16-9-6(10)2-5(3-7(9)11)13-8(14)4-12-15/h2-3H,4H2,1H3,(H,13,14). The van der Waals surface area contributed by atoms with Gasteiger partial charge in [0.2, 0.25) is 5.91 Å². The minimum Gasteiger partial charge on any atom is -0.494 e. The van der Waals surface area contributed by atoms with Crippen molar-refractivity contribution in [3.63, 3.8) is 0 Å². The van der Waals surface area contributed by atoms with Gasteiger partial charge in [-0.25, -0.2) is 0 Å². The van der Waals surface area contributed by atoms with Crippen LogP contribution in [0.3, 0.4) is 0 Å². The van der Waals surface area contributed by atoms with Gasteiger partial charge in [0.25, 0.3) is 0 Å². The maximum atomic E-state index is 11.1.